The summed E-state index contributed by atoms with van der Waals surface area (Å²) < 4.78 is 44.4. The van der Waals surface area contributed by atoms with E-state index in [2.05, 4.69) is 15.3 Å². The third-order valence-corrected chi connectivity index (χ3v) is 4.07. The first kappa shape index (κ1) is 11.3. The molecule has 1 aromatic heterocycles. The average Bonchev–Trinajstić information content (AvgIpc) is 2.29. The van der Waals surface area contributed by atoms with Gasteiger partial charge in [-0.05, 0) is 0 Å². The first-order chi connectivity index (χ1) is 6.18. The summed E-state index contributed by atoms with van der Waals surface area (Å²) in [5.41, 5.74) is 0. The molecule has 0 spiro atoms. The molecule has 8 nitrogen and oxygen atoms in total. The van der Waals surface area contributed by atoms with Crippen molar-refractivity contribution in [2.24, 2.45) is 5.14 Å². The SMILES string of the molecule is CS(=O)(=O)c1nnc(NS(N)(=O)=O)s1. The highest BCUT2D eigenvalue weighted by atomic mass is 32.2. The van der Waals surface area contributed by atoms with Crippen LogP contribution in [0.2, 0.25) is 0 Å². The number of nitrogens with zero attached hydrogens (tertiary/aromatic N) is 2. The van der Waals surface area contributed by atoms with Gasteiger partial charge < -0.3 is 0 Å². The molecular weight excluding hydrogens is 252 g/mol. The molecule has 80 valence electrons. The summed E-state index contributed by atoms with van der Waals surface area (Å²) in [7, 11) is -7.41. The van der Waals surface area contributed by atoms with Crippen LogP contribution < -0.4 is 9.86 Å². The lowest BCUT2D eigenvalue weighted by Crippen LogP contribution is -2.21. The number of sulfone groups is 1. The highest BCUT2D eigenvalue weighted by Crippen LogP contribution is 2.19. The van der Waals surface area contributed by atoms with Crippen LogP contribution in [-0.2, 0) is 20.0 Å². The smallest absolute Gasteiger partial charge is 0.245 e. The molecule has 0 amide bonds. The fourth-order valence-corrected chi connectivity index (χ4v) is 2.68. The van der Waals surface area contributed by atoms with Crippen molar-refractivity contribution in [1.29, 1.82) is 0 Å². The third-order valence-electron chi connectivity index (χ3n) is 0.953. The van der Waals surface area contributed by atoms with Gasteiger partial charge in [0.15, 0.2) is 0 Å². The standard InChI is InChI=1S/C3H6N4O4S3/c1-13(8,9)3-6-5-2(12-3)7-14(4,10)11/h1H3,(H,5,7)(H2,4,10,11). The molecule has 0 aromatic carbocycles. The van der Waals surface area contributed by atoms with E-state index in [4.69, 9.17) is 0 Å². The Labute approximate surface area is 84.3 Å². The Kier molecular flexibility index (Phi) is 2.76. The minimum absolute atomic E-state index is 0.187. The van der Waals surface area contributed by atoms with Gasteiger partial charge in [-0.1, -0.05) is 11.3 Å². The van der Waals surface area contributed by atoms with E-state index in [1.165, 1.54) is 0 Å². The summed E-state index contributed by atoms with van der Waals surface area (Å²) >= 11 is 0.586. The van der Waals surface area contributed by atoms with Crippen molar-refractivity contribution >= 4 is 36.5 Å². The Morgan fingerprint density at radius 1 is 1.29 bits per heavy atom. The topological polar surface area (TPSA) is 132 Å². The maximum absolute atomic E-state index is 10.9. The number of hydrogen-bond acceptors (Lipinski definition) is 7. The largest absolute Gasteiger partial charge is 0.298 e. The van der Waals surface area contributed by atoms with Gasteiger partial charge in [0.1, 0.15) is 0 Å². The summed E-state index contributed by atoms with van der Waals surface area (Å²) in [5, 5.41) is 11.0. The van der Waals surface area contributed by atoms with E-state index < -0.39 is 20.0 Å². The number of nitrogens with two attached hydrogens (primary N) is 1. The quantitative estimate of drug-likeness (QED) is 0.682. The van der Waals surface area contributed by atoms with Gasteiger partial charge in [0, 0.05) is 6.26 Å². The first-order valence-corrected chi connectivity index (χ1v) is 7.28. The van der Waals surface area contributed by atoms with Crippen LogP contribution >= 0.6 is 11.3 Å². The summed E-state index contributed by atoms with van der Waals surface area (Å²) in [6.45, 7) is 0. The Bertz CT molecular complexity index is 528. The second kappa shape index (κ2) is 3.42. The van der Waals surface area contributed by atoms with E-state index in [1.54, 1.807) is 4.72 Å². The second-order valence-corrected chi connectivity index (χ2v) is 6.75. The lowest BCUT2D eigenvalue weighted by Gasteiger charge is -1.94. The number of aromatic nitrogens is 2. The van der Waals surface area contributed by atoms with Gasteiger partial charge in [-0.25, -0.2) is 18.3 Å². The molecule has 11 heteroatoms. The zero-order valence-corrected chi connectivity index (χ0v) is 9.28. The predicted molar refractivity (Wildman–Crippen MR) is 49.7 cm³/mol. The van der Waals surface area contributed by atoms with Crippen LogP contribution in [0.5, 0.6) is 0 Å². The van der Waals surface area contributed by atoms with E-state index in [0.717, 1.165) is 6.26 Å². The van der Waals surface area contributed by atoms with Gasteiger partial charge in [-0.3, -0.25) is 0 Å². The van der Waals surface area contributed by atoms with Crippen molar-refractivity contribution < 1.29 is 16.8 Å². The minimum Gasteiger partial charge on any atom is -0.245 e. The summed E-state index contributed by atoms with van der Waals surface area (Å²) in [4.78, 5) is 0. The molecule has 0 aliphatic rings. The number of nitrogens with one attached hydrogen (secondary N) is 1. The molecule has 0 unspecified atom stereocenters. The zero-order valence-electron chi connectivity index (χ0n) is 6.83. The maximum atomic E-state index is 10.9. The van der Waals surface area contributed by atoms with E-state index in [0.29, 0.717) is 11.3 Å². The average molecular weight is 258 g/mol. The lowest BCUT2D eigenvalue weighted by molar-refractivity contribution is 0.599. The highest BCUT2D eigenvalue weighted by Gasteiger charge is 2.15. The Morgan fingerprint density at radius 3 is 2.21 bits per heavy atom. The van der Waals surface area contributed by atoms with E-state index in [1.807, 2.05) is 0 Å². The predicted octanol–water partition coefficient (Wildman–Crippen LogP) is -1.44. The van der Waals surface area contributed by atoms with Crippen molar-refractivity contribution in [3.63, 3.8) is 0 Å². The number of hydrogen-bond donors (Lipinski definition) is 2. The molecular formula is C3H6N4O4S3. The molecule has 1 heterocycles. The van der Waals surface area contributed by atoms with Gasteiger partial charge in [-0.15, -0.1) is 10.2 Å². The fourth-order valence-electron chi connectivity index (χ4n) is 0.523. The molecule has 3 N–H and O–H groups in total. The molecule has 0 aliphatic carbocycles. The third kappa shape index (κ3) is 3.17. The summed E-state index contributed by atoms with van der Waals surface area (Å²) in [6.07, 6.45) is 0.939. The highest BCUT2D eigenvalue weighted by molar-refractivity contribution is 7.93. The van der Waals surface area contributed by atoms with Crippen molar-refractivity contribution in [1.82, 2.24) is 10.2 Å². The van der Waals surface area contributed by atoms with Crippen LogP contribution in [0.15, 0.2) is 4.34 Å². The first-order valence-electron chi connectivity index (χ1n) is 3.02. The van der Waals surface area contributed by atoms with Crippen LogP contribution in [0, 0.1) is 0 Å². The molecule has 14 heavy (non-hydrogen) atoms. The van der Waals surface area contributed by atoms with Gasteiger partial charge >= 0.3 is 0 Å². The van der Waals surface area contributed by atoms with Gasteiger partial charge in [-0.2, -0.15) is 8.42 Å². The van der Waals surface area contributed by atoms with Gasteiger partial charge in [0.2, 0.25) is 19.3 Å². The molecule has 0 fully saturated rings. The van der Waals surface area contributed by atoms with Crippen molar-refractivity contribution in [2.45, 2.75) is 4.34 Å². The maximum Gasteiger partial charge on any atom is 0.298 e. The molecule has 1 aromatic rings. The fraction of sp³-hybridized carbons (Fsp3) is 0.333. The van der Waals surface area contributed by atoms with Crippen LogP contribution in [0.25, 0.3) is 0 Å². The number of anilines is 1. The van der Waals surface area contributed by atoms with E-state index in [9.17, 15) is 16.8 Å². The molecule has 0 atom stereocenters. The van der Waals surface area contributed by atoms with Crippen LogP contribution in [0.1, 0.15) is 0 Å². The lowest BCUT2D eigenvalue weighted by atomic mass is 11.3. The van der Waals surface area contributed by atoms with Crippen molar-refractivity contribution in [3.8, 4) is 0 Å². The molecule has 0 saturated heterocycles. The number of rotatable bonds is 3. The Balaban J connectivity index is 3.02. The van der Waals surface area contributed by atoms with Crippen molar-refractivity contribution in [3.05, 3.63) is 0 Å². The normalized spacial score (nSPS) is 12.7. The van der Waals surface area contributed by atoms with Crippen LogP contribution in [0.4, 0.5) is 5.13 Å². The molecule has 0 bridgehead atoms. The molecule has 0 aliphatic heterocycles. The van der Waals surface area contributed by atoms with Crippen molar-refractivity contribution in [2.75, 3.05) is 11.0 Å². The Hall–Kier alpha value is -0.780. The van der Waals surface area contributed by atoms with Gasteiger partial charge in [0.05, 0.1) is 0 Å². The molecule has 1 rings (SSSR count). The molecule has 0 saturated carbocycles. The summed E-state index contributed by atoms with van der Waals surface area (Å²) in [5.74, 6) is 0. The molecule has 0 radical (unpaired) electrons. The minimum atomic E-state index is -3.95. The van der Waals surface area contributed by atoms with E-state index in [-0.39, 0.29) is 9.47 Å². The zero-order chi connectivity index (χ0) is 11.0. The summed E-state index contributed by atoms with van der Waals surface area (Å²) in [6, 6.07) is 0. The van der Waals surface area contributed by atoms with Gasteiger partial charge in [0.25, 0.3) is 10.2 Å². The van der Waals surface area contributed by atoms with E-state index >= 15 is 0 Å². The Morgan fingerprint density at radius 2 is 1.86 bits per heavy atom. The second-order valence-electron chi connectivity index (χ2n) is 2.29. The van der Waals surface area contributed by atoms with Crippen LogP contribution in [-0.4, -0.2) is 33.3 Å². The monoisotopic (exact) mass is 258 g/mol. The van der Waals surface area contributed by atoms with Crippen LogP contribution in [0.3, 0.4) is 0 Å².